The van der Waals surface area contributed by atoms with Gasteiger partial charge in [-0.1, -0.05) is 27.7 Å². The lowest BCUT2D eigenvalue weighted by molar-refractivity contribution is 0.156. The van der Waals surface area contributed by atoms with Gasteiger partial charge in [0, 0.05) is 31.3 Å². The molecule has 1 aromatic rings. The molecule has 104 valence electrons. The van der Waals surface area contributed by atoms with Crippen LogP contribution in [0.2, 0.25) is 0 Å². The highest BCUT2D eigenvalue weighted by molar-refractivity contribution is 4.99. The van der Waals surface area contributed by atoms with Crippen LogP contribution in [-0.4, -0.2) is 28.0 Å². The van der Waals surface area contributed by atoms with Crippen molar-refractivity contribution >= 4 is 0 Å². The average Bonchev–Trinajstić information content (AvgIpc) is 2.79. The Kier molecular flexibility index (Phi) is 5.82. The minimum atomic E-state index is -0.0715. The van der Waals surface area contributed by atoms with E-state index in [0.717, 1.165) is 31.6 Å². The van der Waals surface area contributed by atoms with Crippen molar-refractivity contribution in [3.63, 3.8) is 0 Å². The molecule has 0 saturated carbocycles. The summed E-state index contributed by atoms with van der Waals surface area (Å²) in [5, 5.41) is 17.1. The van der Waals surface area contributed by atoms with Crippen molar-refractivity contribution in [2.75, 3.05) is 13.2 Å². The highest BCUT2D eigenvalue weighted by Gasteiger charge is 2.15. The van der Waals surface area contributed by atoms with Crippen LogP contribution >= 0.6 is 0 Å². The summed E-state index contributed by atoms with van der Waals surface area (Å²) in [5.74, 6) is 0. The average molecular weight is 253 g/mol. The first-order chi connectivity index (χ1) is 8.52. The quantitative estimate of drug-likeness (QED) is 0.747. The van der Waals surface area contributed by atoms with Crippen molar-refractivity contribution in [2.45, 2.75) is 53.1 Å². The second-order valence-electron chi connectivity index (χ2n) is 5.68. The number of hydrogen-bond donors (Lipinski definition) is 2. The van der Waals surface area contributed by atoms with Gasteiger partial charge in [0.25, 0.3) is 0 Å². The maximum atomic E-state index is 9.17. The van der Waals surface area contributed by atoms with Gasteiger partial charge in [-0.05, 0) is 18.9 Å². The predicted molar refractivity (Wildman–Crippen MR) is 74.4 cm³/mol. The SMILES string of the molecule is CCC(CC)n1ccc(CNCC(C)(C)CO)n1. The molecule has 0 fully saturated rings. The molecular formula is C14H27N3O. The zero-order valence-corrected chi connectivity index (χ0v) is 12.1. The Bertz CT molecular complexity index is 343. The molecule has 1 heterocycles. The molecule has 0 aliphatic rings. The van der Waals surface area contributed by atoms with Crippen LogP contribution in [0, 0.1) is 5.41 Å². The number of nitrogens with zero attached hydrogens (tertiary/aromatic N) is 2. The van der Waals surface area contributed by atoms with E-state index in [9.17, 15) is 5.11 Å². The van der Waals surface area contributed by atoms with E-state index in [1.807, 2.05) is 13.8 Å². The number of aromatic nitrogens is 2. The predicted octanol–water partition coefficient (Wildman–Crippen LogP) is 2.35. The summed E-state index contributed by atoms with van der Waals surface area (Å²) in [6, 6.07) is 2.57. The molecule has 0 atom stereocenters. The van der Waals surface area contributed by atoms with Gasteiger partial charge in [-0.15, -0.1) is 0 Å². The van der Waals surface area contributed by atoms with Crippen molar-refractivity contribution in [1.82, 2.24) is 15.1 Å². The number of nitrogens with one attached hydrogen (secondary N) is 1. The molecule has 2 N–H and O–H groups in total. The van der Waals surface area contributed by atoms with Crippen molar-refractivity contribution in [3.05, 3.63) is 18.0 Å². The first-order valence-corrected chi connectivity index (χ1v) is 6.88. The fraction of sp³-hybridized carbons (Fsp3) is 0.786. The third-order valence-electron chi connectivity index (χ3n) is 3.32. The zero-order chi connectivity index (χ0) is 13.6. The molecule has 0 saturated heterocycles. The Hall–Kier alpha value is -0.870. The van der Waals surface area contributed by atoms with Crippen LogP contribution in [-0.2, 0) is 6.54 Å². The van der Waals surface area contributed by atoms with Gasteiger partial charge in [0.2, 0.25) is 0 Å². The van der Waals surface area contributed by atoms with Gasteiger partial charge in [0.1, 0.15) is 0 Å². The Balaban J connectivity index is 2.45. The first-order valence-electron chi connectivity index (χ1n) is 6.88. The van der Waals surface area contributed by atoms with Crippen molar-refractivity contribution < 1.29 is 5.11 Å². The Morgan fingerprint density at radius 2 is 2.06 bits per heavy atom. The van der Waals surface area contributed by atoms with Gasteiger partial charge in [-0.25, -0.2) is 0 Å². The lowest BCUT2D eigenvalue weighted by atomic mass is 9.95. The van der Waals surface area contributed by atoms with E-state index in [1.54, 1.807) is 0 Å². The summed E-state index contributed by atoms with van der Waals surface area (Å²) >= 11 is 0. The highest BCUT2D eigenvalue weighted by Crippen LogP contribution is 2.15. The summed E-state index contributed by atoms with van der Waals surface area (Å²) in [6.45, 7) is 10.2. The summed E-state index contributed by atoms with van der Waals surface area (Å²) in [7, 11) is 0. The van der Waals surface area contributed by atoms with Gasteiger partial charge in [0.05, 0.1) is 11.7 Å². The van der Waals surface area contributed by atoms with Crippen LogP contribution in [0.25, 0.3) is 0 Å². The number of aliphatic hydroxyl groups excluding tert-OH is 1. The summed E-state index contributed by atoms with van der Waals surface area (Å²) in [4.78, 5) is 0. The first kappa shape index (κ1) is 15.2. The molecule has 0 bridgehead atoms. The van der Waals surface area contributed by atoms with Gasteiger partial charge in [0.15, 0.2) is 0 Å². The fourth-order valence-corrected chi connectivity index (χ4v) is 1.92. The van der Waals surface area contributed by atoms with Crippen LogP contribution in [0.4, 0.5) is 0 Å². The number of aliphatic hydroxyl groups is 1. The Labute approximate surface area is 110 Å². The van der Waals surface area contributed by atoms with Crippen molar-refractivity contribution in [2.24, 2.45) is 5.41 Å². The molecule has 0 radical (unpaired) electrons. The van der Waals surface area contributed by atoms with Crippen molar-refractivity contribution in [3.8, 4) is 0 Å². The summed E-state index contributed by atoms with van der Waals surface area (Å²) in [6.07, 6.45) is 4.29. The minimum absolute atomic E-state index is 0.0715. The highest BCUT2D eigenvalue weighted by atomic mass is 16.3. The maximum absolute atomic E-state index is 9.17. The summed E-state index contributed by atoms with van der Waals surface area (Å²) < 4.78 is 2.06. The molecule has 1 aromatic heterocycles. The standard InChI is InChI=1S/C14H27N3O/c1-5-13(6-2)17-8-7-12(16-17)9-15-10-14(3,4)11-18/h7-8,13,15,18H,5-6,9-11H2,1-4H3. The number of rotatable bonds is 8. The molecule has 0 spiro atoms. The van der Waals surface area contributed by atoms with Crippen LogP contribution in [0.5, 0.6) is 0 Å². The van der Waals surface area contributed by atoms with Gasteiger partial charge >= 0.3 is 0 Å². The molecule has 0 aromatic carbocycles. The molecule has 0 amide bonds. The zero-order valence-electron chi connectivity index (χ0n) is 12.1. The van der Waals surface area contributed by atoms with E-state index >= 15 is 0 Å². The lowest BCUT2D eigenvalue weighted by Crippen LogP contribution is -2.32. The third-order valence-corrected chi connectivity index (χ3v) is 3.32. The van der Waals surface area contributed by atoms with E-state index in [4.69, 9.17) is 0 Å². The molecule has 1 rings (SSSR count). The molecular weight excluding hydrogens is 226 g/mol. The molecule has 4 nitrogen and oxygen atoms in total. The second kappa shape index (κ2) is 6.90. The van der Waals surface area contributed by atoms with Crippen molar-refractivity contribution in [1.29, 1.82) is 0 Å². The van der Waals surface area contributed by atoms with Gasteiger partial charge in [-0.2, -0.15) is 5.10 Å². The molecule has 4 heteroatoms. The Morgan fingerprint density at radius 3 is 2.61 bits per heavy atom. The topological polar surface area (TPSA) is 50.1 Å². The molecule has 18 heavy (non-hydrogen) atoms. The van der Waals surface area contributed by atoms with E-state index < -0.39 is 0 Å². The third kappa shape index (κ3) is 4.42. The lowest BCUT2D eigenvalue weighted by Gasteiger charge is -2.21. The Morgan fingerprint density at radius 1 is 1.39 bits per heavy atom. The van der Waals surface area contributed by atoms with Crippen LogP contribution in [0.3, 0.4) is 0 Å². The van der Waals surface area contributed by atoms with Crippen LogP contribution in [0.1, 0.15) is 52.3 Å². The summed E-state index contributed by atoms with van der Waals surface area (Å²) in [5.41, 5.74) is 0.994. The maximum Gasteiger partial charge on any atom is 0.0762 e. The van der Waals surface area contributed by atoms with E-state index in [-0.39, 0.29) is 12.0 Å². The largest absolute Gasteiger partial charge is 0.396 e. The molecule has 0 aliphatic heterocycles. The molecule has 0 aliphatic carbocycles. The van der Waals surface area contributed by atoms with Crippen LogP contribution in [0.15, 0.2) is 12.3 Å². The van der Waals surface area contributed by atoms with E-state index in [2.05, 4.69) is 41.2 Å². The minimum Gasteiger partial charge on any atom is -0.396 e. The smallest absolute Gasteiger partial charge is 0.0762 e. The number of hydrogen-bond acceptors (Lipinski definition) is 3. The van der Waals surface area contributed by atoms with E-state index in [0.29, 0.717) is 6.04 Å². The second-order valence-corrected chi connectivity index (χ2v) is 5.68. The van der Waals surface area contributed by atoms with Gasteiger partial charge in [-0.3, -0.25) is 4.68 Å². The molecule has 0 unspecified atom stereocenters. The van der Waals surface area contributed by atoms with E-state index in [1.165, 1.54) is 0 Å². The fourth-order valence-electron chi connectivity index (χ4n) is 1.92. The van der Waals surface area contributed by atoms with Crippen LogP contribution < -0.4 is 5.32 Å². The normalized spacial score (nSPS) is 12.3. The van der Waals surface area contributed by atoms with Gasteiger partial charge < -0.3 is 10.4 Å². The monoisotopic (exact) mass is 253 g/mol.